The fraction of sp³-hybridized carbons (Fsp3) is 0.316. The van der Waals surface area contributed by atoms with Gasteiger partial charge >= 0.3 is 0 Å². The molecule has 0 saturated carbocycles. The van der Waals surface area contributed by atoms with E-state index in [2.05, 4.69) is 12.2 Å². The van der Waals surface area contributed by atoms with E-state index in [-0.39, 0.29) is 12.5 Å². The van der Waals surface area contributed by atoms with Gasteiger partial charge in [0.15, 0.2) is 6.61 Å². The number of unbranched alkanes of at least 4 members (excludes halogenated alkanes) is 1. The maximum absolute atomic E-state index is 12.2. The number of carbonyl (C=O) groups is 1. The molecule has 0 aliphatic carbocycles. The van der Waals surface area contributed by atoms with E-state index in [1.807, 2.05) is 0 Å². The molecule has 0 atom stereocenters. The molecule has 25 heavy (non-hydrogen) atoms. The van der Waals surface area contributed by atoms with Crippen molar-refractivity contribution in [1.82, 2.24) is 0 Å². The normalized spacial score (nSPS) is 10.2. The van der Waals surface area contributed by atoms with Crippen molar-refractivity contribution in [3.8, 4) is 17.2 Å². The lowest BCUT2D eigenvalue weighted by Crippen LogP contribution is -2.20. The third-order valence-electron chi connectivity index (χ3n) is 3.41. The number of nitrogens with one attached hydrogen (secondary N) is 1. The molecule has 0 bridgehead atoms. The van der Waals surface area contributed by atoms with Crippen LogP contribution in [0, 0.1) is 0 Å². The van der Waals surface area contributed by atoms with Crippen molar-refractivity contribution in [3.63, 3.8) is 0 Å². The van der Waals surface area contributed by atoms with Crippen molar-refractivity contribution in [2.75, 3.05) is 25.6 Å². The van der Waals surface area contributed by atoms with Crippen LogP contribution in [-0.4, -0.2) is 26.2 Å². The Bertz CT molecular complexity index is 706. The van der Waals surface area contributed by atoms with Gasteiger partial charge in [-0.1, -0.05) is 37.1 Å². The largest absolute Gasteiger partial charge is 0.497 e. The Kier molecular flexibility index (Phi) is 7.41. The summed E-state index contributed by atoms with van der Waals surface area (Å²) in [7, 11) is 1.57. The fourth-order valence-electron chi connectivity index (χ4n) is 2.08. The van der Waals surface area contributed by atoms with E-state index in [9.17, 15) is 4.79 Å². The second-order valence-corrected chi connectivity index (χ2v) is 5.74. The summed E-state index contributed by atoms with van der Waals surface area (Å²) in [6, 6.07) is 12.3. The van der Waals surface area contributed by atoms with Crippen LogP contribution in [0.4, 0.5) is 5.69 Å². The molecule has 0 unspecified atom stereocenters. The number of benzene rings is 2. The zero-order chi connectivity index (χ0) is 18.1. The molecule has 0 aliphatic heterocycles. The van der Waals surface area contributed by atoms with Gasteiger partial charge in [0.2, 0.25) is 0 Å². The van der Waals surface area contributed by atoms with Gasteiger partial charge in [0.05, 0.1) is 24.4 Å². The highest BCUT2D eigenvalue weighted by Gasteiger charge is 2.11. The molecule has 0 saturated heterocycles. The minimum atomic E-state index is -0.312. The van der Waals surface area contributed by atoms with E-state index in [1.165, 1.54) is 0 Å². The number of methoxy groups -OCH3 is 1. The molecule has 2 rings (SSSR count). The Morgan fingerprint density at radius 1 is 1.12 bits per heavy atom. The average molecular weight is 364 g/mol. The van der Waals surface area contributed by atoms with Gasteiger partial charge in [-0.2, -0.15) is 0 Å². The standard InChI is InChI=1S/C19H22ClNO4/c1-3-4-11-24-18-10-9-14(23-2)12-16(18)21-19(22)13-25-17-8-6-5-7-15(17)20/h5-10,12H,3-4,11,13H2,1-2H3,(H,21,22). The Balaban J connectivity index is 2.01. The molecule has 2 aromatic carbocycles. The minimum Gasteiger partial charge on any atom is -0.497 e. The maximum Gasteiger partial charge on any atom is 0.262 e. The van der Waals surface area contributed by atoms with Crippen molar-refractivity contribution in [2.45, 2.75) is 19.8 Å². The van der Waals surface area contributed by atoms with Crippen LogP contribution < -0.4 is 19.5 Å². The second-order valence-electron chi connectivity index (χ2n) is 5.33. The first-order chi connectivity index (χ1) is 12.1. The van der Waals surface area contributed by atoms with Crippen LogP contribution in [-0.2, 0) is 4.79 Å². The average Bonchev–Trinajstić information content (AvgIpc) is 2.62. The first-order valence-electron chi connectivity index (χ1n) is 8.12. The van der Waals surface area contributed by atoms with Gasteiger partial charge in [-0.05, 0) is 30.7 Å². The van der Waals surface area contributed by atoms with Crippen LogP contribution in [0.15, 0.2) is 42.5 Å². The lowest BCUT2D eigenvalue weighted by atomic mass is 10.2. The Morgan fingerprint density at radius 3 is 2.64 bits per heavy atom. The fourth-order valence-corrected chi connectivity index (χ4v) is 2.27. The van der Waals surface area contributed by atoms with Crippen molar-refractivity contribution < 1.29 is 19.0 Å². The van der Waals surface area contributed by atoms with Crippen molar-refractivity contribution in [3.05, 3.63) is 47.5 Å². The number of hydrogen-bond acceptors (Lipinski definition) is 4. The summed E-state index contributed by atoms with van der Waals surface area (Å²) in [5.41, 5.74) is 0.545. The summed E-state index contributed by atoms with van der Waals surface area (Å²) in [5, 5.41) is 3.25. The van der Waals surface area contributed by atoms with Crippen LogP contribution in [0.2, 0.25) is 5.02 Å². The van der Waals surface area contributed by atoms with E-state index in [4.69, 9.17) is 25.8 Å². The number of anilines is 1. The van der Waals surface area contributed by atoms with Crippen molar-refractivity contribution in [2.24, 2.45) is 0 Å². The summed E-state index contributed by atoms with van der Waals surface area (Å²) in [6.07, 6.45) is 1.97. The number of ether oxygens (including phenoxy) is 3. The van der Waals surface area contributed by atoms with Gasteiger partial charge in [0.1, 0.15) is 17.2 Å². The molecule has 0 heterocycles. The highest BCUT2D eigenvalue weighted by atomic mass is 35.5. The molecule has 1 N–H and O–H groups in total. The van der Waals surface area contributed by atoms with E-state index < -0.39 is 0 Å². The van der Waals surface area contributed by atoms with E-state index in [0.717, 1.165) is 12.8 Å². The van der Waals surface area contributed by atoms with Gasteiger partial charge < -0.3 is 19.5 Å². The molecule has 6 heteroatoms. The molecular weight excluding hydrogens is 342 g/mol. The first kappa shape index (κ1) is 18.9. The first-order valence-corrected chi connectivity index (χ1v) is 8.50. The minimum absolute atomic E-state index is 0.157. The van der Waals surface area contributed by atoms with Gasteiger partial charge in [0.25, 0.3) is 5.91 Å². The quantitative estimate of drug-likeness (QED) is 0.664. The molecule has 0 aromatic heterocycles. The Morgan fingerprint density at radius 2 is 1.92 bits per heavy atom. The summed E-state index contributed by atoms with van der Waals surface area (Å²) in [4.78, 5) is 12.2. The highest BCUT2D eigenvalue weighted by molar-refractivity contribution is 6.32. The molecular formula is C19H22ClNO4. The Labute approximate surface area is 152 Å². The lowest BCUT2D eigenvalue weighted by molar-refractivity contribution is -0.118. The zero-order valence-electron chi connectivity index (χ0n) is 14.4. The molecule has 2 aromatic rings. The SMILES string of the molecule is CCCCOc1ccc(OC)cc1NC(=O)COc1ccccc1Cl. The Hall–Kier alpha value is -2.40. The zero-order valence-corrected chi connectivity index (χ0v) is 15.1. The van der Waals surface area contributed by atoms with E-state index in [0.29, 0.717) is 34.6 Å². The molecule has 5 nitrogen and oxygen atoms in total. The van der Waals surface area contributed by atoms with Gasteiger partial charge in [0, 0.05) is 6.07 Å². The number of rotatable bonds is 9. The molecule has 134 valence electrons. The van der Waals surface area contributed by atoms with Crippen LogP contribution >= 0.6 is 11.6 Å². The predicted molar refractivity (Wildman–Crippen MR) is 99.0 cm³/mol. The van der Waals surface area contributed by atoms with Gasteiger partial charge in [-0.15, -0.1) is 0 Å². The number of para-hydroxylation sites is 1. The number of halogens is 1. The van der Waals surface area contributed by atoms with Crippen LogP contribution in [0.5, 0.6) is 17.2 Å². The second kappa shape index (κ2) is 9.79. The van der Waals surface area contributed by atoms with Gasteiger partial charge in [-0.25, -0.2) is 0 Å². The molecule has 1 amide bonds. The lowest BCUT2D eigenvalue weighted by Gasteiger charge is -2.14. The maximum atomic E-state index is 12.2. The molecule has 0 spiro atoms. The number of hydrogen-bond donors (Lipinski definition) is 1. The van der Waals surface area contributed by atoms with Crippen molar-refractivity contribution in [1.29, 1.82) is 0 Å². The third kappa shape index (κ3) is 5.87. The molecule has 0 radical (unpaired) electrons. The number of carbonyl (C=O) groups excluding carboxylic acids is 1. The van der Waals surface area contributed by atoms with Crippen molar-refractivity contribution >= 4 is 23.2 Å². The summed E-state index contributed by atoms with van der Waals surface area (Å²) < 4.78 is 16.4. The van der Waals surface area contributed by atoms with Crippen LogP contribution in [0.25, 0.3) is 0 Å². The predicted octanol–water partition coefficient (Wildman–Crippen LogP) is 4.55. The highest BCUT2D eigenvalue weighted by Crippen LogP contribution is 2.29. The van der Waals surface area contributed by atoms with Crippen LogP contribution in [0.3, 0.4) is 0 Å². The monoisotopic (exact) mass is 363 g/mol. The summed E-state index contributed by atoms with van der Waals surface area (Å²) in [6.45, 7) is 2.52. The summed E-state index contributed by atoms with van der Waals surface area (Å²) >= 11 is 6.01. The third-order valence-corrected chi connectivity index (χ3v) is 3.72. The van der Waals surface area contributed by atoms with E-state index >= 15 is 0 Å². The smallest absolute Gasteiger partial charge is 0.262 e. The summed E-state index contributed by atoms with van der Waals surface area (Å²) in [5.74, 6) is 1.38. The van der Waals surface area contributed by atoms with Gasteiger partial charge in [-0.3, -0.25) is 4.79 Å². The molecule has 0 fully saturated rings. The van der Waals surface area contributed by atoms with Crippen LogP contribution in [0.1, 0.15) is 19.8 Å². The van der Waals surface area contributed by atoms with E-state index in [1.54, 1.807) is 49.6 Å². The number of amides is 1. The molecule has 0 aliphatic rings. The topological polar surface area (TPSA) is 56.8 Å².